The molecule has 1 amide bonds. The van der Waals surface area contributed by atoms with E-state index in [1.165, 1.54) is 30.4 Å². The van der Waals surface area contributed by atoms with Crippen molar-refractivity contribution in [3.05, 3.63) is 68.7 Å². The molecule has 1 saturated heterocycles. The lowest BCUT2D eigenvalue weighted by molar-refractivity contribution is -0.143. The van der Waals surface area contributed by atoms with Crippen LogP contribution in [0.3, 0.4) is 0 Å². The number of methoxy groups -OCH3 is 1. The van der Waals surface area contributed by atoms with Gasteiger partial charge in [-0.1, -0.05) is 25.1 Å². The molecule has 3 unspecified atom stereocenters. The minimum Gasteiger partial charge on any atom is -0.496 e. The predicted molar refractivity (Wildman–Crippen MR) is 176 cm³/mol. The molecule has 2 saturated carbocycles. The number of carbonyl (C=O) groups is 1. The van der Waals surface area contributed by atoms with Crippen molar-refractivity contribution < 1.29 is 18.7 Å². The second kappa shape index (κ2) is 11.8. The lowest BCUT2D eigenvalue weighted by atomic mass is 10.00. The second-order valence-corrected chi connectivity index (χ2v) is 14.9. The Hall–Kier alpha value is -3.70. The van der Waals surface area contributed by atoms with Crippen molar-refractivity contribution in [2.45, 2.75) is 84.1 Å². The molecule has 0 radical (unpaired) electrons. The van der Waals surface area contributed by atoms with Gasteiger partial charge in [0.1, 0.15) is 28.5 Å². The molecular weight excluding hydrogens is 604 g/mol. The van der Waals surface area contributed by atoms with E-state index in [0.717, 1.165) is 35.3 Å². The number of para-hydroxylation sites is 1. The first-order valence-corrected chi connectivity index (χ1v) is 17.2. The second-order valence-electron chi connectivity index (χ2n) is 13.9. The highest BCUT2D eigenvalue weighted by molar-refractivity contribution is 7.22. The first-order valence-electron chi connectivity index (χ1n) is 16.4. The van der Waals surface area contributed by atoms with Gasteiger partial charge in [-0.15, -0.1) is 11.3 Å². The summed E-state index contributed by atoms with van der Waals surface area (Å²) in [4.78, 5) is 50.0. The summed E-state index contributed by atoms with van der Waals surface area (Å²) in [6, 6.07) is 7.75. The summed E-state index contributed by atoms with van der Waals surface area (Å²) in [6.07, 6.45) is 7.91. The molecule has 5 atom stereocenters. The number of likely N-dealkylation sites (tertiary alicyclic amines) is 1. The maximum atomic E-state index is 14.7. The van der Waals surface area contributed by atoms with Gasteiger partial charge in [-0.05, 0) is 82.3 Å². The number of carbonyl (C=O) groups excluding carboxylic acids is 1. The smallest absolute Gasteiger partial charge is 0.333 e. The van der Waals surface area contributed by atoms with E-state index in [2.05, 4.69) is 11.9 Å². The van der Waals surface area contributed by atoms with Gasteiger partial charge in [0.2, 0.25) is 11.8 Å². The number of aromatic nitrogens is 3. The van der Waals surface area contributed by atoms with Crippen molar-refractivity contribution in [3.63, 3.8) is 0 Å². The highest BCUT2D eigenvalue weighted by Crippen LogP contribution is 2.49. The Bertz CT molecular complexity index is 1870. The van der Waals surface area contributed by atoms with Gasteiger partial charge in [-0.3, -0.25) is 14.2 Å². The van der Waals surface area contributed by atoms with Crippen molar-refractivity contribution in [2.24, 2.45) is 17.8 Å². The minimum absolute atomic E-state index is 0.0481. The molecule has 46 heavy (non-hydrogen) atoms. The zero-order valence-electron chi connectivity index (χ0n) is 27.2. The number of thiophene rings is 1. The van der Waals surface area contributed by atoms with E-state index < -0.39 is 22.9 Å². The quantitative estimate of drug-likeness (QED) is 0.228. The Morgan fingerprint density at radius 3 is 2.48 bits per heavy atom. The molecule has 4 aromatic rings. The molecule has 10 nitrogen and oxygen atoms in total. The van der Waals surface area contributed by atoms with Crippen LogP contribution in [-0.4, -0.2) is 51.2 Å². The molecule has 244 valence electrons. The van der Waals surface area contributed by atoms with Crippen molar-refractivity contribution in [3.8, 4) is 16.5 Å². The van der Waals surface area contributed by atoms with Gasteiger partial charge in [-0.25, -0.2) is 14.3 Å². The van der Waals surface area contributed by atoms with E-state index in [9.17, 15) is 14.4 Å². The molecule has 0 bridgehead atoms. The highest BCUT2D eigenvalue weighted by Gasteiger charge is 2.43. The summed E-state index contributed by atoms with van der Waals surface area (Å²) in [5.74, 6) is 2.87. The lowest BCUT2D eigenvalue weighted by Crippen LogP contribution is -2.59. The minimum atomic E-state index is -1.40. The third-order valence-electron chi connectivity index (χ3n) is 10.5. The number of rotatable bonds is 9. The third-order valence-corrected chi connectivity index (χ3v) is 11.8. The standard InChI is InChI=1S/C35H42N4O6S/c1-20-15-22-17-24(18-23(22)16-20)45-27(25-9-6-7-10-26(25)43-5)19-38-32-28(21(2)29(46-32)30-36-11-14-44-30)31(40)39(34(38)42)35(3,4)33(41)37-12-8-13-37/h6-7,9-11,14,20,22-24,27H,8,12-13,15-19H2,1-5H3/t20?,22-,23+,24?,27?. The first kappa shape index (κ1) is 30.9. The monoisotopic (exact) mass is 646 g/mol. The summed E-state index contributed by atoms with van der Waals surface area (Å²) < 4.78 is 21.2. The molecule has 0 N–H and O–H groups in total. The van der Waals surface area contributed by atoms with Crippen LogP contribution in [-0.2, 0) is 21.6 Å². The van der Waals surface area contributed by atoms with Gasteiger partial charge in [-0.2, -0.15) is 0 Å². The largest absolute Gasteiger partial charge is 0.496 e. The van der Waals surface area contributed by atoms with E-state index in [4.69, 9.17) is 13.9 Å². The molecule has 3 fully saturated rings. The van der Waals surface area contributed by atoms with Gasteiger partial charge in [0.25, 0.3) is 5.56 Å². The first-order chi connectivity index (χ1) is 22.1. The van der Waals surface area contributed by atoms with E-state index in [1.54, 1.807) is 36.6 Å². The summed E-state index contributed by atoms with van der Waals surface area (Å²) in [7, 11) is 1.64. The highest BCUT2D eigenvalue weighted by atomic mass is 32.1. The average molecular weight is 647 g/mol. The van der Waals surface area contributed by atoms with E-state index in [0.29, 0.717) is 57.2 Å². The topological polar surface area (TPSA) is 109 Å². The Morgan fingerprint density at radius 1 is 1.13 bits per heavy atom. The molecule has 1 aliphatic heterocycles. The van der Waals surface area contributed by atoms with Crippen molar-refractivity contribution in [2.75, 3.05) is 20.2 Å². The van der Waals surface area contributed by atoms with Gasteiger partial charge in [0.15, 0.2) is 0 Å². The summed E-state index contributed by atoms with van der Waals surface area (Å²) in [5, 5.41) is 0.380. The van der Waals surface area contributed by atoms with Crippen LogP contribution in [0.5, 0.6) is 5.75 Å². The molecule has 3 aliphatic rings. The number of amides is 1. The van der Waals surface area contributed by atoms with Crippen LogP contribution in [0.4, 0.5) is 0 Å². The number of hydrogen-bond donors (Lipinski definition) is 0. The zero-order chi connectivity index (χ0) is 32.3. The van der Waals surface area contributed by atoms with Crippen LogP contribution in [0.15, 0.2) is 50.7 Å². The number of ether oxygens (including phenoxy) is 2. The Balaban J connectivity index is 1.39. The summed E-state index contributed by atoms with van der Waals surface area (Å²) in [5.41, 5.74) is -0.936. The maximum absolute atomic E-state index is 14.7. The van der Waals surface area contributed by atoms with Crippen LogP contribution in [0.2, 0.25) is 0 Å². The fourth-order valence-electron chi connectivity index (χ4n) is 8.06. The fraction of sp³-hybridized carbons (Fsp3) is 0.543. The molecule has 2 aliphatic carbocycles. The van der Waals surface area contributed by atoms with E-state index in [-0.39, 0.29) is 18.6 Å². The molecule has 1 aromatic carbocycles. The number of oxazole rings is 1. The van der Waals surface area contributed by atoms with Crippen LogP contribution in [0, 0.1) is 24.7 Å². The number of fused-ring (bicyclic) bond motifs is 2. The molecule has 3 aromatic heterocycles. The third kappa shape index (κ3) is 5.12. The fourth-order valence-corrected chi connectivity index (χ4v) is 9.30. The molecule has 11 heteroatoms. The van der Waals surface area contributed by atoms with E-state index >= 15 is 0 Å². The number of aryl methyl sites for hydroxylation is 1. The summed E-state index contributed by atoms with van der Waals surface area (Å²) >= 11 is 1.30. The lowest BCUT2D eigenvalue weighted by Gasteiger charge is -2.38. The Kier molecular flexibility index (Phi) is 7.95. The molecule has 4 heterocycles. The number of benzene rings is 1. The summed E-state index contributed by atoms with van der Waals surface area (Å²) in [6.45, 7) is 8.87. The van der Waals surface area contributed by atoms with Gasteiger partial charge >= 0.3 is 5.69 Å². The molecular formula is C35H42N4O6S. The SMILES string of the molecule is COc1ccccc1C(Cn1c(=O)n(C(C)(C)C(=O)N2CCC2)c(=O)c2c(C)c(-c3ncco3)sc21)OC1C[C@H]2CC(C)C[C@H]2C1. The average Bonchev–Trinajstić information content (AvgIpc) is 3.78. The van der Waals surface area contributed by atoms with Crippen molar-refractivity contribution in [1.82, 2.24) is 19.0 Å². The van der Waals surface area contributed by atoms with Crippen LogP contribution >= 0.6 is 11.3 Å². The number of hydrogen-bond acceptors (Lipinski definition) is 8. The van der Waals surface area contributed by atoms with E-state index in [1.807, 2.05) is 31.2 Å². The number of nitrogens with zero attached hydrogens (tertiary/aromatic N) is 4. The molecule has 0 spiro atoms. The van der Waals surface area contributed by atoms with Crippen LogP contribution < -0.4 is 16.0 Å². The Morgan fingerprint density at radius 2 is 1.85 bits per heavy atom. The normalized spacial score (nSPS) is 23.5. The Labute approximate surface area is 271 Å². The van der Waals surface area contributed by atoms with Gasteiger partial charge in [0.05, 0.1) is 36.2 Å². The van der Waals surface area contributed by atoms with Gasteiger partial charge in [0, 0.05) is 18.7 Å². The molecule has 7 rings (SSSR count). The maximum Gasteiger partial charge on any atom is 0.333 e. The van der Waals surface area contributed by atoms with Crippen molar-refractivity contribution in [1.29, 1.82) is 0 Å². The van der Waals surface area contributed by atoms with Gasteiger partial charge < -0.3 is 18.8 Å². The van der Waals surface area contributed by atoms with Crippen LogP contribution in [0.25, 0.3) is 21.0 Å². The van der Waals surface area contributed by atoms with Crippen LogP contribution in [0.1, 0.15) is 70.1 Å². The van der Waals surface area contributed by atoms with Crippen molar-refractivity contribution >= 4 is 27.5 Å². The zero-order valence-corrected chi connectivity index (χ0v) is 28.0. The predicted octanol–water partition coefficient (Wildman–Crippen LogP) is 5.75.